The topological polar surface area (TPSA) is 46.5 Å². The fraction of sp³-hybridized carbons (Fsp3) is 0.889. The van der Waals surface area contributed by atoms with Crippen molar-refractivity contribution in [3.63, 3.8) is 0 Å². The third kappa shape index (κ3) is 7.18. The highest BCUT2D eigenvalue weighted by Gasteiger charge is 2.28. The number of carboxylic acid groups (broad SMARTS) is 1. The Morgan fingerprint density at radius 1 is 1.33 bits per heavy atom. The van der Waals surface area contributed by atoms with Crippen molar-refractivity contribution >= 4 is 5.97 Å². The van der Waals surface area contributed by atoms with E-state index in [1.54, 1.807) is 0 Å². The summed E-state index contributed by atoms with van der Waals surface area (Å²) in [6, 6.07) is 0. The summed E-state index contributed by atoms with van der Waals surface area (Å²) < 4.78 is 39.2. The molecule has 0 unspecified atom stereocenters. The largest absolute Gasteiger partial charge is 0.481 e. The molecule has 0 saturated carbocycles. The highest BCUT2D eigenvalue weighted by atomic mass is 19.4. The van der Waals surface area contributed by atoms with Gasteiger partial charge in [-0.1, -0.05) is 0 Å². The number of aliphatic carboxylic acids is 1. The van der Waals surface area contributed by atoms with Crippen LogP contribution in [0.1, 0.15) is 26.7 Å². The Balaban J connectivity index is 3.60. The molecule has 0 aromatic carbocycles. The molecular weight excluding hydrogens is 213 g/mol. The minimum absolute atomic E-state index is 0.0732. The van der Waals surface area contributed by atoms with E-state index in [9.17, 15) is 18.0 Å². The van der Waals surface area contributed by atoms with Gasteiger partial charge in [-0.3, -0.25) is 4.79 Å². The van der Waals surface area contributed by atoms with Gasteiger partial charge in [0, 0.05) is 6.61 Å². The average molecular weight is 228 g/mol. The SMILES string of the molecule is CC(C)(CCCOCC(F)(F)F)C(=O)O. The minimum Gasteiger partial charge on any atom is -0.481 e. The standard InChI is InChI=1S/C9H15F3O3/c1-8(2,7(13)14)4-3-5-15-6-9(10,11)12/h3-6H2,1-2H3,(H,13,14). The van der Waals surface area contributed by atoms with E-state index >= 15 is 0 Å². The summed E-state index contributed by atoms with van der Waals surface area (Å²) in [6.45, 7) is 1.70. The molecule has 0 aliphatic carbocycles. The van der Waals surface area contributed by atoms with Crippen LogP contribution in [-0.4, -0.2) is 30.5 Å². The second-order valence-electron chi connectivity index (χ2n) is 3.96. The van der Waals surface area contributed by atoms with Gasteiger partial charge in [-0.2, -0.15) is 13.2 Å². The van der Waals surface area contributed by atoms with Gasteiger partial charge in [0.1, 0.15) is 6.61 Å². The normalized spacial score (nSPS) is 12.9. The van der Waals surface area contributed by atoms with E-state index in [1.807, 2.05) is 0 Å². The van der Waals surface area contributed by atoms with Gasteiger partial charge < -0.3 is 9.84 Å². The maximum absolute atomic E-state index is 11.6. The lowest BCUT2D eigenvalue weighted by Crippen LogP contribution is -2.24. The second kappa shape index (κ2) is 5.34. The lowest BCUT2D eigenvalue weighted by molar-refractivity contribution is -0.174. The fourth-order valence-corrected chi connectivity index (χ4v) is 0.911. The number of ether oxygens (including phenoxy) is 1. The first-order valence-corrected chi connectivity index (χ1v) is 4.53. The second-order valence-corrected chi connectivity index (χ2v) is 3.96. The first-order chi connectivity index (χ1) is 6.65. The highest BCUT2D eigenvalue weighted by Crippen LogP contribution is 2.22. The molecule has 15 heavy (non-hydrogen) atoms. The molecule has 0 aromatic rings. The lowest BCUT2D eigenvalue weighted by Gasteiger charge is -2.18. The number of hydrogen-bond acceptors (Lipinski definition) is 2. The van der Waals surface area contributed by atoms with Crippen molar-refractivity contribution in [1.29, 1.82) is 0 Å². The molecule has 0 atom stereocenters. The first-order valence-electron chi connectivity index (χ1n) is 4.53. The maximum Gasteiger partial charge on any atom is 0.411 e. The van der Waals surface area contributed by atoms with Crippen LogP contribution in [0.15, 0.2) is 0 Å². The number of carbonyl (C=O) groups is 1. The lowest BCUT2D eigenvalue weighted by atomic mass is 9.88. The summed E-state index contributed by atoms with van der Waals surface area (Å²) >= 11 is 0. The molecule has 90 valence electrons. The van der Waals surface area contributed by atoms with Crippen molar-refractivity contribution in [1.82, 2.24) is 0 Å². The Labute approximate surface area is 86.2 Å². The van der Waals surface area contributed by atoms with E-state index < -0.39 is 24.2 Å². The molecule has 0 bridgehead atoms. The molecule has 0 amide bonds. The van der Waals surface area contributed by atoms with E-state index in [1.165, 1.54) is 13.8 Å². The number of alkyl halides is 3. The zero-order valence-electron chi connectivity index (χ0n) is 8.73. The molecule has 0 heterocycles. The van der Waals surface area contributed by atoms with Crippen LogP contribution in [0.5, 0.6) is 0 Å². The average Bonchev–Trinajstić information content (AvgIpc) is 2.00. The maximum atomic E-state index is 11.6. The molecule has 0 rings (SSSR count). The highest BCUT2D eigenvalue weighted by molar-refractivity contribution is 5.73. The van der Waals surface area contributed by atoms with Crippen LogP contribution in [0.4, 0.5) is 13.2 Å². The molecule has 0 fully saturated rings. The zero-order chi connectivity index (χ0) is 12.1. The Morgan fingerprint density at radius 2 is 1.87 bits per heavy atom. The van der Waals surface area contributed by atoms with Gasteiger partial charge in [0.05, 0.1) is 5.41 Å². The van der Waals surface area contributed by atoms with E-state index in [0.717, 1.165) is 0 Å². The summed E-state index contributed by atoms with van der Waals surface area (Å²) in [6.07, 6.45) is -3.72. The van der Waals surface area contributed by atoms with Crippen LogP contribution in [-0.2, 0) is 9.53 Å². The van der Waals surface area contributed by atoms with Crippen LogP contribution in [0.2, 0.25) is 0 Å². The monoisotopic (exact) mass is 228 g/mol. The summed E-state index contributed by atoms with van der Waals surface area (Å²) in [5.41, 5.74) is -0.915. The first kappa shape index (κ1) is 14.2. The molecule has 0 aliphatic heterocycles. The molecule has 1 N–H and O–H groups in total. The van der Waals surface area contributed by atoms with Crippen molar-refractivity contribution in [2.75, 3.05) is 13.2 Å². The Bertz CT molecular complexity index is 211. The Morgan fingerprint density at radius 3 is 2.27 bits per heavy atom. The van der Waals surface area contributed by atoms with Gasteiger partial charge in [-0.15, -0.1) is 0 Å². The Kier molecular flexibility index (Phi) is 5.07. The molecule has 0 radical (unpaired) electrons. The van der Waals surface area contributed by atoms with E-state index in [2.05, 4.69) is 4.74 Å². The number of hydrogen-bond donors (Lipinski definition) is 1. The van der Waals surface area contributed by atoms with Gasteiger partial charge in [0.2, 0.25) is 0 Å². The molecular formula is C9H15F3O3. The van der Waals surface area contributed by atoms with Gasteiger partial charge in [0.15, 0.2) is 0 Å². The Hall–Kier alpha value is -0.780. The number of rotatable bonds is 6. The van der Waals surface area contributed by atoms with E-state index in [0.29, 0.717) is 12.8 Å². The van der Waals surface area contributed by atoms with E-state index in [-0.39, 0.29) is 6.61 Å². The predicted octanol–water partition coefficient (Wildman–Crippen LogP) is 2.46. The molecule has 0 aliphatic rings. The summed E-state index contributed by atoms with van der Waals surface area (Å²) in [5, 5.41) is 8.71. The number of halogens is 3. The number of carboxylic acids is 1. The molecule has 0 saturated heterocycles. The molecule has 0 spiro atoms. The third-order valence-electron chi connectivity index (χ3n) is 1.94. The minimum atomic E-state index is -4.32. The van der Waals surface area contributed by atoms with Gasteiger partial charge >= 0.3 is 12.1 Å². The van der Waals surface area contributed by atoms with Gasteiger partial charge in [0.25, 0.3) is 0 Å². The van der Waals surface area contributed by atoms with Crippen LogP contribution >= 0.6 is 0 Å². The quantitative estimate of drug-likeness (QED) is 0.710. The van der Waals surface area contributed by atoms with Crippen LogP contribution in [0, 0.1) is 5.41 Å². The summed E-state index contributed by atoms with van der Waals surface area (Å²) in [4.78, 5) is 10.6. The zero-order valence-corrected chi connectivity index (χ0v) is 8.73. The van der Waals surface area contributed by atoms with Crippen LogP contribution in [0.25, 0.3) is 0 Å². The van der Waals surface area contributed by atoms with Crippen molar-refractivity contribution in [3.05, 3.63) is 0 Å². The van der Waals surface area contributed by atoms with Gasteiger partial charge in [-0.05, 0) is 26.7 Å². The van der Waals surface area contributed by atoms with Crippen molar-refractivity contribution in [2.45, 2.75) is 32.9 Å². The summed E-state index contributed by atoms with van der Waals surface area (Å²) in [7, 11) is 0. The van der Waals surface area contributed by atoms with Crippen molar-refractivity contribution in [3.8, 4) is 0 Å². The third-order valence-corrected chi connectivity index (χ3v) is 1.94. The van der Waals surface area contributed by atoms with E-state index in [4.69, 9.17) is 5.11 Å². The summed E-state index contributed by atoms with van der Waals surface area (Å²) in [5.74, 6) is -0.960. The van der Waals surface area contributed by atoms with Crippen molar-refractivity contribution in [2.24, 2.45) is 5.41 Å². The van der Waals surface area contributed by atoms with Crippen LogP contribution in [0.3, 0.4) is 0 Å². The fourth-order valence-electron chi connectivity index (χ4n) is 0.911. The molecule has 6 heteroatoms. The molecule has 3 nitrogen and oxygen atoms in total. The van der Waals surface area contributed by atoms with Gasteiger partial charge in [-0.25, -0.2) is 0 Å². The predicted molar refractivity (Wildman–Crippen MR) is 47.5 cm³/mol. The smallest absolute Gasteiger partial charge is 0.411 e. The van der Waals surface area contributed by atoms with Crippen LogP contribution < -0.4 is 0 Å². The molecule has 0 aromatic heterocycles. The van der Waals surface area contributed by atoms with Crippen molar-refractivity contribution < 1.29 is 27.8 Å².